The second-order valence-electron chi connectivity index (χ2n) is 3.81. The quantitative estimate of drug-likeness (QED) is 0.855. The van der Waals surface area contributed by atoms with E-state index in [1.54, 1.807) is 6.92 Å². The Morgan fingerprint density at radius 3 is 3.12 bits per heavy atom. The van der Waals surface area contributed by atoms with E-state index < -0.39 is 0 Å². The lowest BCUT2D eigenvalue weighted by molar-refractivity contribution is -0.119. The minimum absolute atomic E-state index is 0. The Morgan fingerprint density at radius 2 is 2.41 bits per heavy atom. The van der Waals surface area contributed by atoms with Crippen molar-refractivity contribution in [2.24, 2.45) is 0 Å². The summed E-state index contributed by atoms with van der Waals surface area (Å²) in [5, 5.41) is 2.98. The van der Waals surface area contributed by atoms with Gasteiger partial charge in [0.25, 0.3) is 0 Å². The first-order chi connectivity index (χ1) is 7.66. The molecule has 1 amide bonds. The van der Waals surface area contributed by atoms with E-state index in [0.29, 0.717) is 6.42 Å². The normalized spacial score (nSPS) is 21.5. The first-order valence-electron chi connectivity index (χ1n) is 5.24. The van der Waals surface area contributed by atoms with Gasteiger partial charge in [0.1, 0.15) is 0 Å². The molecule has 0 aromatic heterocycles. The van der Waals surface area contributed by atoms with Crippen LogP contribution in [0.1, 0.15) is 13.3 Å². The fourth-order valence-corrected chi connectivity index (χ4v) is 2.51. The molecule has 0 aliphatic carbocycles. The van der Waals surface area contributed by atoms with Crippen molar-refractivity contribution in [3.05, 3.63) is 24.0 Å². The van der Waals surface area contributed by atoms with E-state index in [9.17, 15) is 9.59 Å². The predicted octanol–water partition coefficient (Wildman–Crippen LogP) is 1.45. The van der Waals surface area contributed by atoms with Crippen LogP contribution in [0.2, 0.25) is 0 Å². The van der Waals surface area contributed by atoms with Crippen LogP contribution in [0.4, 0.5) is 0 Å². The Kier molecular flexibility index (Phi) is 5.27. The van der Waals surface area contributed by atoms with Crippen LogP contribution in [0, 0.1) is 0 Å². The van der Waals surface area contributed by atoms with Crippen LogP contribution in [0.25, 0.3) is 0 Å². The van der Waals surface area contributed by atoms with Crippen LogP contribution < -0.4 is 5.32 Å². The van der Waals surface area contributed by atoms with Crippen molar-refractivity contribution in [2.45, 2.75) is 19.4 Å². The predicted molar refractivity (Wildman–Crippen MR) is 73.9 cm³/mol. The third-order valence-electron chi connectivity index (χ3n) is 2.63. The average Bonchev–Trinajstić information content (AvgIpc) is 2.58. The van der Waals surface area contributed by atoms with Gasteiger partial charge in [-0.3, -0.25) is 9.59 Å². The van der Waals surface area contributed by atoms with E-state index in [1.807, 2.05) is 18.4 Å². The molecule has 0 spiro atoms. The van der Waals surface area contributed by atoms with Crippen molar-refractivity contribution < 1.29 is 9.59 Å². The standard InChI is InChI=1S/C11H14N2O2S.BrH/c1-8(14)16-6-5-13-4-2-3-9-10(13)7-11(15)12-9;/h2-4,10H,5-7H2,1H3,(H,12,15);1H. The zero-order valence-electron chi connectivity index (χ0n) is 9.51. The van der Waals surface area contributed by atoms with E-state index >= 15 is 0 Å². The van der Waals surface area contributed by atoms with Crippen molar-refractivity contribution in [3.63, 3.8) is 0 Å². The van der Waals surface area contributed by atoms with E-state index in [4.69, 9.17) is 0 Å². The monoisotopic (exact) mass is 318 g/mol. The van der Waals surface area contributed by atoms with Gasteiger partial charge in [-0.25, -0.2) is 0 Å². The maximum atomic E-state index is 11.3. The highest BCUT2D eigenvalue weighted by Crippen LogP contribution is 2.23. The first kappa shape index (κ1) is 14.3. The van der Waals surface area contributed by atoms with Crippen LogP contribution in [-0.4, -0.2) is 34.3 Å². The molecule has 1 saturated heterocycles. The van der Waals surface area contributed by atoms with Gasteiger partial charge in [0.05, 0.1) is 12.5 Å². The minimum Gasteiger partial charge on any atom is -0.368 e. The number of amides is 1. The summed E-state index contributed by atoms with van der Waals surface area (Å²) in [4.78, 5) is 24.2. The molecular formula is C11H15BrN2O2S. The lowest BCUT2D eigenvalue weighted by atomic mass is 10.1. The Labute approximate surface area is 115 Å². The molecule has 17 heavy (non-hydrogen) atoms. The summed E-state index contributed by atoms with van der Waals surface area (Å²) < 4.78 is 0. The second kappa shape index (κ2) is 6.26. The van der Waals surface area contributed by atoms with Crippen LogP contribution >= 0.6 is 28.7 Å². The van der Waals surface area contributed by atoms with Crippen molar-refractivity contribution in [2.75, 3.05) is 12.3 Å². The lowest BCUT2D eigenvalue weighted by Gasteiger charge is -2.29. The van der Waals surface area contributed by atoms with Crippen molar-refractivity contribution in [1.29, 1.82) is 0 Å². The van der Waals surface area contributed by atoms with Crippen molar-refractivity contribution in [3.8, 4) is 0 Å². The number of fused-ring (bicyclic) bond motifs is 1. The molecule has 2 rings (SSSR count). The average molecular weight is 319 g/mol. The number of hydrogen-bond acceptors (Lipinski definition) is 4. The maximum Gasteiger partial charge on any atom is 0.226 e. The summed E-state index contributed by atoms with van der Waals surface area (Å²) >= 11 is 1.32. The SMILES string of the molecule is Br.CC(=O)SCCN1C=CC=C2NC(=O)CC21. The Balaban J connectivity index is 0.00000144. The first-order valence-corrected chi connectivity index (χ1v) is 6.23. The van der Waals surface area contributed by atoms with Gasteiger partial charge in [-0.1, -0.05) is 11.8 Å². The number of halogens is 1. The molecule has 1 atom stereocenters. The largest absolute Gasteiger partial charge is 0.368 e. The molecule has 94 valence electrons. The molecule has 1 unspecified atom stereocenters. The molecule has 2 aliphatic heterocycles. The highest BCUT2D eigenvalue weighted by molar-refractivity contribution is 8.93. The van der Waals surface area contributed by atoms with E-state index in [2.05, 4.69) is 10.2 Å². The highest BCUT2D eigenvalue weighted by atomic mass is 79.9. The summed E-state index contributed by atoms with van der Waals surface area (Å²) in [5.41, 5.74) is 0.973. The molecule has 2 aliphatic rings. The van der Waals surface area contributed by atoms with Crippen LogP contribution in [0.5, 0.6) is 0 Å². The topological polar surface area (TPSA) is 49.4 Å². The lowest BCUT2D eigenvalue weighted by Crippen LogP contribution is -2.34. The third kappa shape index (κ3) is 3.61. The molecule has 2 heterocycles. The van der Waals surface area contributed by atoms with Crippen LogP contribution in [0.3, 0.4) is 0 Å². The number of nitrogens with one attached hydrogen (secondary N) is 1. The minimum atomic E-state index is 0. The van der Waals surface area contributed by atoms with Gasteiger partial charge in [0.2, 0.25) is 5.91 Å². The molecule has 0 aromatic carbocycles. The summed E-state index contributed by atoms with van der Waals surface area (Å²) in [6.07, 6.45) is 6.36. The van der Waals surface area contributed by atoms with E-state index in [0.717, 1.165) is 18.0 Å². The van der Waals surface area contributed by atoms with Gasteiger partial charge >= 0.3 is 0 Å². The Bertz CT molecular complexity index is 382. The smallest absolute Gasteiger partial charge is 0.226 e. The van der Waals surface area contributed by atoms with Gasteiger partial charge in [-0.05, 0) is 18.4 Å². The second-order valence-corrected chi connectivity index (χ2v) is 5.08. The molecule has 0 aromatic rings. The van der Waals surface area contributed by atoms with Crippen LogP contribution in [0.15, 0.2) is 24.0 Å². The highest BCUT2D eigenvalue weighted by Gasteiger charge is 2.31. The van der Waals surface area contributed by atoms with Crippen molar-refractivity contribution in [1.82, 2.24) is 10.2 Å². The molecule has 4 nitrogen and oxygen atoms in total. The molecule has 0 radical (unpaired) electrons. The molecular weight excluding hydrogens is 304 g/mol. The Morgan fingerprint density at radius 1 is 1.65 bits per heavy atom. The summed E-state index contributed by atoms with van der Waals surface area (Å²) in [7, 11) is 0. The fraction of sp³-hybridized carbons (Fsp3) is 0.455. The number of thioether (sulfide) groups is 1. The van der Waals surface area contributed by atoms with Gasteiger partial charge < -0.3 is 10.2 Å². The summed E-state index contributed by atoms with van der Waals surface area (Å²) in [6.45, 7) is 2.36. The molecule has 1 fully saturated rings. The summed E-state index contributed by atoms with van der Waals surface area (Å²) in [5.74, 6) is 0.835. The van der Waals surface area contributed by atoms with Gasteiger partial charge in [0, 0.05) is 24.9 Å². The zero-order chi connectivity index (χ0) is 11.5. The molecule has 0 bridgehead atoms. The van der Waals surface area contributed by atoms with Crippen LogP contribution in [-0.2, 0) is 9.59 Å². The molecule has 0 saturated carbocycles. The Hall–Kier alpha value is -0.750. The van der Waals surface area contributed by atoms with Gasteiger partial charge in [-0.15, -0.1) is 17.0 Å². The maximum absolute atomic E-state index is 11.3. The number of rotatable bonds is 3. The van der Waals surface area contributed by atoms with Gasteiger partial charge in [0.15, 0.2) is 5.12 Å². The number of carbonyl (C=O) groups excluding carboxylic acids is 2. The fourth-order valence-electron chi connectivity index (χ4n) is 1.92. The van der Waals surface area contributed by atoms with Crippen molar-refractivity contribution >= 4 is 39.8 Å². The number of hydrogen-bond donors (Lipinski definition) is 1. The third-order valence-corrected chi connectivity index (χ3v) is 3.42. The summed E-state index contributed by atoms with van der Waals surface area (Å²) in [6, 6.07) is 0.144. The molecule has 1 N–H and O–H groups in total. The number of allylic oxidation sites excluding steroid dienone is 2. The zero-order valence-corrected chi connectivity index (χ0v) is 12.0. The van der Waals surface area contributed by atoms with E-state index in [1.165, 1.54) is 11.8 Å². The van der Waals surface area contributed by atoms with Gasteiger partial charge in [-0.2, -0.15) is 0 Å². The van der Waals surface area contributed by atoms with E-state index in [-0.39, 0.29) is 34.0 Å². The number of nitrogens with zero attached hydrogens (tertiary/aromatic N) is 1. The number of carbonyl (C=O) groups is 2. The molecule has 6 heteroatoms.